The number of fused-ring (bicyclic) bond motifs is 1. The highest BCUT2D eigenvalue weighted by Gasteiger charge is 2.18. The molecule has 0 N–H and O–H groups in total. The lowest BCUT2D eigenvalue weighted by molar-refractivity contribution is -0.130. The van der Waals surface area contributed by atoms with E-state index in [-0.39, 0.29) is 17.9 Å². The number of benzene rings is 1. The fraction of sp³-hybridized carbons (Fsp3) is 0.211. The van der Waals surface area contributed by atoms with E-state index >= 15 is 0 Å². The van der Waals surface area contributed by atoms with Gasteiger partial charge in [-0.2, -0.15) is 5.10 Å². The quantitative estimate of drug-likeness (QED) is 0.609. The highest BCUT2D eigenvalue weighted by atomic mass is 35.5. The van der Waals surface area contributed by atoms with Crippen molar-refractivity contribution in [1.82, 2.24) is 14.7 Å². The summed E-state index contributed by atoms with van der Waals surface area (Å²) in [5.41, 5.74) is 0.416. The van der Waals surface area contributed by atoms with Gasteiger partial charge in [0.1, 0.15) is 0 Å². The van der Waals surface area contributed by atoms with Crippen LogP contribution in [-0.4, -0.2) is 27.1 Å². The molecule has 1 aromatic carbocycles. The maximum Gasteiger partial charge on any atom is 0.274 e. The Bertz CT molecular complexity index is 1030. The van der Waals surface area contributed by atoms with Crippen LogP contribution >= 0.6 is 22.9 Å². The first kappa shape index (κ1) is 18.4. The monoisotopic (exact) mass is 387 g/mol. The van der Waals surface area contributed by atoms with Crippen molar-refractivity contribution in [1.29, 1.82) is 0 Å². The van der Waals surface area contributed by atoms with Crippen molar-refractivity contribution >= 4 is 39.6 Å². The Morgan fingerprint density at radius 1 is 1.31 bits per heavy atom. The fourth-order valence-corrected chi connectivity index (χ4v) is 3.90. The first-order chi connectivity index (χ1) is 12.5. The third-order valence-electron chi connectivity index (χ3n) is 4.03. The van der Waals surface area contributed by atoms with Gasteiger partial charge in [0.15, 0.2) is 0 Å². The van der Waals surface area contributed by atoms with Crippen LogP contribution in [-0.2, 0) is 24.8 Å². The molecule has 5 nitrogen and oxygen atoms in total. The summed E-state index contributed by atoms with van der Waals surface area (Å²) in [6, 6.07) is 11.0. The maximum atomic E-state index is 12.9. The summed E-state index contributed by atoms with van der Waals surface area (Å²) in [4.78, 5) is 27.8. The normalized spacial score (nSPS) is 10.8. The van der Waals surface area contributed by atoms with Crippen molar-refractivity contribution in [3.05, 3.63) is 74.3 Å². The van der Waals surface area contributed by atoms with Crippen LogP contribution in [0.3, 0.4) is 0 Å². The molecule has 7 heteroatoms. The van der Waals surface area contributed by atoms with Gasteiger partial charge in [-0.15, -0.1) is 17.9 Å². The van der Waals surface area contributed by atoms with Gasteiger partial charge in [-0.05, 0) is 18.2 Å². The Kier molecular flexibility index (Phi) is 5.54. The number of rotatable bonds is 6. The smallest absolute Gasteiger partial charge is 0.274 e. The van der Waals surface area contributed by atoms with Gasteiger partial charge in [0, 0.05) is 23.9 Å². The third kappa shape index (κ3) is 3.86. The van der Waals surface area contributed by atoms with E-state index in [9.17, 15) is 9.59 Å². The van der Waals surface area contributed by atoms with E-state index in [4.69, 9.17) is 11.6 Å². The van der Waals surface area contributed by atoms with Crippen LogP contribution in [0.15, 0.2) is 53.8 Å². The molecule has 3 rings (SSSR count). The summed E-state index contributed by atoms with van der Waals surface area (Å²) >= 11 is 7.43. The molecule has 0 saturated heterocycles. The second kappa shape index (κ2) is 7.85. The maximum absolute atomic E-state index is 12.9. The van der Waals surface area contributed by atoms with Crippen LogP contribution in [0.25, 0.3) is 10.8 Å². The first-order valence-electron chi connectivity index (χ1n) is 8.07. The number of halogens is 1. The van der Waals surface area contributed by atoms with Crippen molar-refractivity contribution in [3.8, 4) is 0 Å². The minimum Gasteiger partial charge on any atom is -0.334 e. The molecule has 0 fully saturated rings. The molecule has 0 radical (unpaired) electrons. The highest BCUT2D eigenvalue weighted by molar-refractivity contribution is 7.16. The van der Waals surface area contributed by atoms with Gasteiger partial charge < -0.3 is 4.90 Å². The summed E-state index contributed by atoms with van der Waals surface area (Å²) < 4.78 is 1.97. The lowest BCUT2D eigenvalue weighted by atomic mass is 10.1. The Morgan fingerprint density at radius 3 is 2.69 bits per heavy atom. The van der Waals surface area contributed by atoms with E-state index in [1.165, 1.54) is 16.0 Å². The van der Waals surface area contributed by atoms with Crippen LogP contribution in [0, 0.1) is 0 Å². The lowest BCUT2D eigenvalue weighted by Gasteiger charge is -2.20. The van der Waals surface area contributed by atoms with Crippen molar-refractivity contribution < 1.29 is 4.79 Å². The van der Waals surface area contributed by atoms with Gasteiger partial charge >= 0.3 is 0 Å². The molecule has 2 aromatic heterocycles. The minimum atomic E-state index is -0.173. The van der Waals surface area contributed by atoms with E-state index < -0.39 is 0 Å². The summed E-state index contributed by atoms with van der Waals surface area (Å²) in [5, 5.41) is 5.58. The van der Waals surface area contributed by atoms with Crippen LogP contribution in [0.5, 0.6) is 0 Å². The molecule has 0 aliphatic rings. The lowest BCUT2D eigenvalue weighted by Crippen LogP contribution is -2.33. The summed E-state index contributed by atoms with van der Waals surface area (Å²) in [6.45, 7) is 4.63. The van der Waals surface area contributed by atoms with Crippen molar-refractivity contribution in [2.75, 3.05) is 6.54 Å². The molecule has 0 spiro atoms. The van der Waals surface area contributed by atoms with Crippen molar-refractivity contribution in [2.24, 2.45) is 7.05 Å². The van der Waals surface area contributed by atoms with Gasteiger partial charge in [0.25, 0.3) is 5.56 Å². The average molecular weight is 388 g/mol. The molecular weight excluding hydrogens is 370 g/mol. The highest BCUT2D eigenvalue weighted by Crippen LogP contribution is 2.23. The molecule has 0 aliphatic heterocycles. The standard InChI is InChI=1S/C19H18ClN3O2S/c1-3-10-23(12-13-8-9-17(20)26-13)18(24)11-16-14-6-4-5-7-15(14)19(25)22(2)21-16/h3-9H,1,10-12H2,2H3. The number of thiophene rings is 1. The summed E-state index contributed by atoms with van der Waals surface area (Å²) in [5.74, 6) is -0.0780. The van der Waals surface area contributed by atoms with Crippen LogP contribution < -0.4 is 5.56 Å². The minimum absolute atomic E-state index is 0.0780. The molecule has 26 heavy (non-hydrogen) atoms. The van der Waals surface area contributed by atoms with E-state index in [1.54, 1.807) is 30.2 Å². The number of nitrogens with zero attached hydrogens (tertiary/aromatic N) is 3. The molecule has 0 bridgehead atoms. The topological polar surface area (TPSA) is 55.2 Å². The molecule has 0 saturated carbocycles. The SMILES string of the molecule is C=CCN(Cc1ccc(Cl)s1)C(=O)Cc1nn(C)c(=O)c2ccccc12. The number of amides is 1. The Labute approximate surface area is 160 Å². The molecule has 0 unspecified atom stereocenters. The number of aryl methyl sites for hydroxylation is 1. The number of aromatic nitrogens is 2. The molecule has 0 atom stereocenters. The zero-order valence-electron chi connectivity index (χ0n) is 14.3. The second-order valence-electron chi connectivity index (χ2n) is 5.87. The van der Waals surface area contributed by atoms with Crippen molar-refractivity contribution in [2.45, 2.75) is 13.0 Å². The Balaban J connectivity index is 1.90. The predicted molar refractivity (Wildman–Crippen MR) is 106 cm³/mol. The molecule has 134 valence electrons. The molecular formula is C19H18ClN3O2S. The molecule has 2 heterocycles. The van der Waals surface area contributed by atoms with Gasteiger partial charge in [0.05, 0.1) is 28.4 Å². The van der Waals surface area contributed by atoms with E-state index in [0.29, 0.717) is 33.9 Å². The number of carbonyl (C=O) groups is 1. The zero-order valence-corrected chi connectivity index (χ0v) is 15.9. The first-order valence-corrected chi connectivity index (χ1v) is 9.27. The average Bonchev–Trinajstić information content (AvgIpc) is 3.04. The molecule has 1 amide bonds. The van der Waals surface area contributed by atoms with Gasteiger partial charge in [0.2, 0.25) is 5.91 Å². The van der Waals surface area contributed by atoms with Gasteiger partial charge in [-0.25, -0.2) is 4.68 Å². The van der Waals surface area contributed by atoms with E-state index in [1.807, 2.05) is 24.3 Å². The predicted octanol–water partition coefficient (Wildman–Crippen LogP) is 3.41. The third-order valence-corrected chi connectivity index (χ3v) is 5.25. The largest absolute Gasteiger partial charge is 0.334 e. The Morgan fingerprint density at radius 2 is 2.04 bits per heavy atom. The Hall–Kier alpha value is -2.44. The molecule has 3 aromatic rings. The van der Waals surface area contributed by atoms with E-state index in [0.717, 1.165) is 4.88 Å². The van der Waals surface area contributed by atoms with Crippen molar-refractivity contribution in [3.63, 3.8) is 0 Å². The summed E-state index contributed by atoms with van der Waals surface area (Å²) in [6.07, 6.45) is 1.81. The van der Waals surface area contributed by atoms with Gasteiger partial charge in [-0.1, -0.05) is 35.9 Å². The zero-order chi connectivity index (χ0) is 18.7. The molecule has 0 aliphatic carbocycles. The summed E-state index contributed by atoms with van der Waals surface area (Å²) in [7, 11) is 1.60. The van der Waals surface area contributed by atoms with Gasteiger partial charge in [-0.3, -0.25) is 9.59 Å². The number of hydrogen-bond donors (Lipinski definition) is 0. The fourth-order valence-electron chi connectivity index (χ4n) is 2.80. The van der Waals surface area contributed by atoms with Crippen LogP contribution in [0.2, 0.25) is 4.34 Å². The van der Waals surface area contributed by atoms with Crippen LogP contribution in [0.1, 0.15) is 10.6 Å². The number of carbonyl (C=O) groups excluding carboxylic acids is 1. The van der Waals surface area contributed by atoms with E-state index in [2.05, 4.69) is 11.7 Å². The second-order valence-corrected chi connectivity index (χ2v) is 7.67. The number of hydrogen-bond acceptors (Lipinski definition) is 4. The van der Waals surface area contributed by atoms with Crippen LogP contribution in [0.4, 0.5) is 0 Å².